The van der Waals surface area contributed by atoms with Gasteiger partial charge in [0.1, 0.15) is 11.2 Å². The number of fused-ring (bicyclic) bond motifs is 3. The van der Waals surface area contributed by atoms with Crippen LogP contribution in [-0.2, 0) is 11.3 Å². The maximum absolute atomic E-state index is 13.6. The number of nitrogens with zero attached hydrogens (tertiary/aromatic N) is 2. The number of nitrogens with one attached hydrogen (secondary N) is 1. The molecule has 2 heterocycles. The summed E-state index contributed by atoms with van der Waals surface area (Å²) in [6.07, 6.45) is 0. The molecule has 0 saturated carbocycles. The molecule has 3 aromatic carbocycles. The number of aryl methyl sites for hydroxylation is 1. The van der Waals surface area contributed by atoms with Crippen LogP contribution in [-0.4, -0.2) is 15.0 Å². The third-order valence-corrected chi connectivity index (χ3v) is 6.75. The molecule has 0 aliphatic heterocycles. The number of hydrogen-bond donors (Lipinski definition) is 1. The van der Waals surface area contributed by atoms with Gasteiger partial charge in [-0.25, -0.2) is 9.36 Å². The number of carbonyl (C=O) groups is 1. The third-order valence-electron chi connectivity index (χ3n) is 5.36. The monoisotopic (exact) mass is 475 g/mol. The SMILES string of the molecule is Cc1ccc(NC(=O)Cn2c(=O)n(-c3cccc(Cl)c3)c(=O)c3sc4ccccc4c32)cc1. The Kier molecular flexibility index (Phi) is 5.36. The number of halogens is 1. The van der Waals surface area contributed by atoms with Gasteiger partial charge in [-0.15, -0.1) is 11.3 Å². The average molecular weight is 476 g/mol. The van der Waals surface area contributed by atoms with Crippen molar-refractivity contribution in [3.63, 3.8) is 0 Å². The van der Waals surface area contributed by atoms with Gasteiger partial charge in [0.25, 0.3) is 5.56 Å². The molecule has 164 valence electrons. The van der Waals surface area contributed by atoms with E-state index in [1.165, 1.54) is 15.9 Å². The van der Waals surface area contributed by atoms with Gasteiger partial charge < -0.3 is 5.32 Å². The first-order valence-corrected chi connectivity index (χ1v) is 11.4. The maximum Gasteiger partial charge on any atom is 0.336 e. The quantitative estimate of drug-likeness (QED) is 0.399. The molecule has 1 N–H and O–H groups in total. The molecule has 8 heteroatoms. The summed E-state index contributed by atoms with van der Waals surface area (Å²) in [6, 6.07) is 21.4. The topological polar surface area (TPSA) is 73.1 Å². The number of aromatic nitrogens is 2. The molecule has 0 aliphatic rings. The summed E-state index contributed by atoms with van der Waals surface area (Å²) in [5, 5.41) is 3.99. The van der Waals surface area contributed by atoms with Gasteiger partial charge in [0.05, 0.1) is 11.2 Å². The Morgan fingerprint density at radius 2 is 1.76 bits per heavy atom. The lowest BCUT2D eigenvalue weighted by atomic mass is 10.2. The maximum atomic E-state index is 13.6. The van der Waals surface area contributed by atoms with Crippen LogP contribution < -0.4 is 16.6 Å². The van der Waals surface area contributed by atoms with E-state index in [4.69, 9.17) is 11.6 Å². The number of thiophene rings is 1. The van der Waals surface area contributed by atoms with Gasteiger partial charge in [-0.2, -0.15) is 0 Å². The molecule has 0 radical (unpaired) electrons. The van der Waals surface area contributed by atoms with Crippen LogP contribution in [0.3, 0.4) is 0 Å². The van der Waals surface area contributed by atoms with E-state index < -0.39 is 11.2 Å². The minimum Gasteiger partial charge on any atom is -0.325 e. The van der Waals surface area contributed by atoms with Crippen molar-refractivity contribution in [2.75, 3.05) is 5.32 Å². The van der Waals surface area contributed by atoms with E-state index in [-0.39, 0.29) is 12.5 Å². The van der Waals surface area contributed by atoms with Crippen molar-refractivity contribution >= 4 is 54.8 Å². The van der Waals surface area contributed by atoms with Crippen molar-refractivity contribution in [1.82, 2.24) is 9.13 Å². The zero-order valence-electron chi connectivity index (χ0n) is 17.5. The Balaban J connectivity index is 1.72. The van der Waals surface area contributed by atoms with Crippen molar-refractivity contribution in [2.45, 2.75) is 13.5 Å². The highest BCUT2D eigenvalue weighted by Gasteiger charge is 2.21. The largest absolute Gasteiger partial charge is 0.336 e. The van der Waals surface area contributed by atoms with Crippen LogP contribution in [0, 0.1) is 6.92 Å². The van der Waals surface area contributed by atoms with Gasteiger partial charge in [0.2, 0.25) is 5.91 Å². The first-order valence-electron chi connectivity index (χ1n) is 10.2. The molecule has 1 amide bonds. The summed E-state index contributed by atoms with van der Waals surface area (Å²) < 4.78 is 3.70. The Hall–Kier alpha value is -3.68. The van der Waals surface area contributed by atoms with Crippen molar-refractivity contribution in [2.24, 2.45) is 0 Å². The second-order valence-electron chi connectivity index (χ2n) is 7.68. The molecule has 0 bridgehead atoms. The molecule has 33 heavy (non-hydrogen) atoms. The highest BCUT2D eigenvalue weighted by molar-refractivity contribution is 7.25. The first-order chi connectivity index (χ1) is 15.9. The predicted octanol–water partition coefficient (Wildman–Crippen LogP) is 4.97. The lowest BCUT2D eigenvalue weighted by Gasteiger charge is -2.13. The van der Waals surface area contributed by atoms with Gasteiger partial charge in [-0.05, 0) is 43.3 Å². The van der Waals surface area contributed by atoms with Crippen LogP contribution >= 0.6 is 22.9 Å². The van der Waals surface area contributed by atoms with Crippen molar-refractivity contribution in [3.8, 4) is 5.69 Å². The third kappa shape index (κ3) is 3.86. The molecule has 0 spiro atoms. The minimum absolute atomic E-state index is 0.245. The van der Waals surface area contributed by atoms with Gasteiger partial charge >= 0.3 is 5.69 Å². The molecule has 5 aromatic rings. The molecule has 0 fully saturated rings. The van der Waals surface area contributed by atoms with Crippen LogP contribution in [0.1, 0.15) is 5.56 Å². The fourth-order valence-corrected chi connectivity index (χ4v) is 5.14. The molecule has 0 atom stereocenters. The Labute approximate surface area is 197 Å². The second-order valence-corrected chi connectivity index (χ2v) is 9.17. The molecule has 0 unspecified atom stereocenters. The zero-order chi connectivity index (χ0) is 23.1. The molecule has 6 nitrogen and oxygen atoms in total. The number of carbonyl (C=O) groups excluding carboxylic acids is 1. The summed E-state index contributed by atoms with van der Waals surface area (Å²) in [7, 11) is 0. The van der Waals surface area contributed by atoms with Crippen LogP contribution in [0.5, 0.6) is 0 Å². The summed E-state index contributed by atoms with van der Waals surface area (Å²) in [4.78, 5) is 39.9. The van der Waals surface area contributed by atoms with Crippen LogP contribution in [0.15, 0.2) is 82.4 Å². The van der Waals surface area contributed by atoms with Gasteiger partial charge in [0.15, 0.2) is 0 Å². The van der Waals surface area contributed by atoms with Crippen molar-refractivity contribution in [3.05, 3.63) is 104 Å². The zero-order valence-corrected chi connectivity index (χ0v) is 19.1. The van der Waals surface area contributed by atoms with Gasteiger partial charge in [-0.3, -0.25) is 14.2 Å². The summed E-state index contributed by atoms with van der Waals surface area (Å²) >= 11 is 7.42. The van der Waals surface area contributed by atoms with E-state index in [1.807, 2.05) is 43.3 Å². The van der Waals surface area contributed by atoms with Crippen LogP contribution in [0.4, 0.5) is 5.69 Å². The molecule has 5 rings (SSSR count). The summed E-state index contributed by atoms with van der Waals surface area (Å²) in [6.45, 7) is 1.72. The molecule has 0 aliphatic carbocycles. The number of rotatable bonds is 4. The summed E-state index contributed by atoms with van der Waals surface area (Å²) in [5.74, 6) is -0.367. The predicted molar refractivity (Wildman–Crippen MR) is 134 cm³/mol. The van der Waals surface area contributed by atoms with Crippen LogP contribution in [0.25, 0.3) is 26.0 Å². The number of hydrogen-bond acceptors (Lipinski definition) is 4. The Morgan fingerprint density at radius 1 is 1.00 bits per heavy atom. The second kappa shape index (κ2) is 8.35. The van der Waals surface area contributed by atoms with E-state index in [0.717, 1.165) is 20.2 Å². The van der Waals surface area contributed by atoms with E-state index in [0.29, 0.717) is 26.6 Å². The fourth-order valence-electron chi connectivity index (χ4n) is 3.82. The smallest absolute Gasteiger partial charge is 0.325 e. The van der Waals surface area contributed by atoms with Crippen molar-refractivity contribution in [1.29, 1.82) is 0 Å². The standard InChI is InChI=1S/C25H18ClN3O3S/c1-15-9-11-17(12-10-15)27-21(30)14-28-22-19-7-2-3-8-20(19)33-23(22)24(31)29(25(28)32)18-6-4-5-16(26)13-18/h2-13H,14H2,1H3,(H,27,30). The number of benzene rings is 3. The first kappa shape index (κ1) is 21.2. The lowest BCUT2D eigenvalue weighted by molar-refractivity contribution is -0.116. The fraction of sp³-hybridized carbons (Fsp3) is 0.0800. The van der Waals surface area contributed by atoms with Gasteiger partial charge in [-0.1, -0.05) is 53.6 Å². The van der Waals surface area contributed by atoms with Crippen LogP contribution in [0.2, 0.25) is 5.02 Å². The molecule has 0 saturated heterocycles. The number of anilines is 1. The van der Waals surface area contributed by atoms with E-state index >= 15 is 0 Å². The molecule has 2 aromatic heterocycles. The lowest BCUT2D eigenvalue weighted by Crippen LogP contribution is -2.40. The Bertz CT molecular complexity index is 1650. The highest BCUT2D eigenvalue weighted by Crippen LogP contribution is 2.31. The van der Waals surface area contributed by atoms with Crippen molar-refractivity contribution < 1.29 is 4.79 Å². The Morgan fingerprint density at radius 3 is 2.52 bits per heavy atom. The molecular formula is C25H18ClN3O3S. The van der Waals surface area contributed by atoms with Gasteiger partial charge in [0, 0.05) is 20.8 Å². The van der Waals surface area contributed by atoms with E-state index in [1.54, 1.807) is 36.4 Å². The minimum atomic E-state index is -0.600. The van der Waals surface area contributed by atoms with E-state index in [9.17, 15) is 14.4 Å². The average Bonchev–Trinajstić information content (AvgIpc) is 3.18. The normalized spacial score (nSPS) is 11.2. The van der Waals surface area contributed by atoms with E-state index in [2.05, 4.69) is 5.32 Å². The number of amides is 1. The highest BCUT2D eigenvalue weighted by atomic mass is 35.5. The molecular weight excluding hydrogens is 458 g/mol. The summed E-state index contributed by atoms with van der Waals surface area (Å²) in [5.41, 5.74) is 1.48.